The zero-order chi connectivity index (χ0) is 11.4. The van der Waals surface area contributed by atoms with Crippen molar-refractivity contribution in [2.45, 2.75) is 19.9 Å². The molecule has 2 N–H and O–H groups in total. The summed E-state index contributed by atoms with van der Waals surface area (Å²) < 4.78 is 7.35. The Balaban J connectivity index is 0.00000225. The van der Waals surface area contributed by atoms with E-state index in [9.17, 15) is 4.79 Å². The topological polar surface area (TPSA) is 70.1 Å². The largest absolute Gasteiger partial charge is 0.461 e. The van der Waals surface area contributed by atoms with E-state index in [-0.39, 0.29) is 24.4 Å². The molecule has 0 aliphatic carbocycles. The molecular formula is C9H15ClIN3O2. The number of aromatic nitrogens is 2. The second-order valence-electron chi connectivity index (χ2n) is 3.09. The number of carbonyl (C=O) groups is 1. The summed E-state index contributed by atoms with van der Waals surface area (Å²) >= 11 is 2.06. The van der Waals surface area contributed by atoms with E-state index >= 15 is 0 Å². The third-order valence-electron chi connectivity index (χ3n) is 1.98. The van der Waals surface area contributed by atoms with Crippen LogP contribution in [0.4, 0.5) is 0 Å². The number of halogens is 2. The van der Waals surface area contributed by atoms with Gasteiger partial charge in [0.15, 0.2) is 5.69 Å². The first-order valence-electron chi connectivity index (χ1n) is 4.72. The number of esters is 1. The second kappa shape index (κ2) is 7.08. The average Bonchev–Trinajstić information content (AvgIpc) is 2.59. The van der Waals surface area contributed by atoms with Crippen LogP contribution >= 0.6 is 35.0 Å². The van der Waals surface area contributed by atoms with E-state index in [0.717, 1.165) is 3.57 Å². The van der Waals surface area contributed by atoms with Gasteiger partial charge in [-0.2, -0.15) is 5.10 Å². The fraction of sp³-hybridized carbons (Fsp3) is 0.556. The summed E-state index contributed by atoms with van der Waals surface area (Å²) in [6, 6.07) is -0.00655. The van der Waals surface area contributed by atoms with Crippen molar-refractivity contribution < 1.29 is 9.53 Å². The zero-order valence-electron chi connectivity index (χ0n) is 9.14. The van der Waals surface area contributed by atoms with Crippen LogP contribution in [-0.2, 0) is 4.74 Å². The third-order valence-corrected chi connectivity index (χ3v) is 2.77. The summed E-state index contributed by atoms with van der Waals surface area (Å²) in [6.07, 6.45) is 1.64. The second-order valence-corrected chi connectivity index (χ2v) is 4.25. The maximum absolute atomic E-state index is 11.6. The van der Waals surface area contributed by atoms with Crippen molar-refractivity contribution in [1.29, 1.82) is 0 Å². The van der Waals surface area contributed by atoms with E-state index in [1.54, 1.807) is 17.8 Å². The molecule has 0 aliphatic heterocycles. The summed E-state index contributed by atoms with van der Waals surface area (Å²) in [6.45, 7) is 4.48. The van der Waals surface area contributed by atoms with Gasteiger partial charge in [0.05, 0.1) is 22.4 Å². The lowest BCUT2D eigenvalue weighted by molar-refractivity contribution is 0.0508. The van der Waals surface area contributed by atoms with Gasteiger partial charge in [0, 0.05) is 6.54 Å². The molecule has 92 valence electrons. The fourth-order valence-electron chi connectivity index (χ4n) is 1.17. The molecule has 0 bridgehead atoms. The van der Waals surface area contributed by atoms with Crippen LogP contribution < -0.4 is 5.73 Å². The number of nitrogens with zero attached hydrogens (tertiary/aromatic N) is 2. The number of nitrogens with two attached hydrogens (primary N) is 1. The highest BCUT2D eigenvalue weighted by Gasteiger charge is 2.20. The monoisotopic (exact) mass is 359 g/mol. The van der Waals surface area contributed by atoms with E-state index in [0.29, 0.717) is 18.8 Å². The van der Waals surface area contributed by atoms with Crippen LogP contribution in [0.3, 0.4) is 0 Å². The first kappa shape index (κ1) is 15.7. The summed E-state index contributed by atoms with van der Waals surface area (Å²) in [5.74, 6) is -0.347. The predicted molar refractivity (Wildman–Crippen MR) is 71.9 cm³/mol. The lowest BCUT2D eigenvalue weighted by atomic mass is 10.3. The molecule has 1 heterocycles. The standard InChI is InChI=1S/C9H14IN3O2.ClH/c1-3-15-9(14)8-7(10)5-12-13(8)6(2)4-11;/h5-6H,3-4,11H2,1-2H3;1H. The molecule has 0 saturated heterocycles. The Hall–Kier alpha value is -0.340. The number of hydrogen-bond donors (Lipinski definition) is 1. The van der Waals surface area contributed by atoms with Crippen LogP contribution in [-0.4, -0.2) is 28.9 Å². The van der Waals surface area contributed by atoms with Crippen molar-refractivity contribution in [2.75, 3.05) is 13.2 Å². The Labute approximate surface area is 114 Å². The van der Waals surface area contributed by atoms with E-state index in [1.165, 1.54) is 0 Å². The molecule has 1 aromatic rings. The average molecular weight is 360 g/mol. The van der Waals surface area contributed by atoms with Gasteiger partial charge in [-0.05, 0) is 36.4 Å². The highest BCUT2D eigenvalue weighted by atomic mass is 127. The molecule has 0 radical (unpaired) electrons. The maximum atomic E-state index is 11.6. The van der Waals surface area contributed by atoms with Crippen LogP contribution in [0.25, 0.3) is 0 Å². The molecule has 1 unspecified atom stereocenters. The Morgan fingerprint density at radius 1 is 1.75 bits per heavy atom. The molecule has 7 heteroatoms. The van der Waals surface area contributed by atoms with Gasteiger partial charge in [-0.25, -0.2) is 4.79 Å². The molecule has 0 amide bonds. The van der Waals surface area contributed by atoms with Crippen LogP contribution in [0, 0.1) is 3.57 Å². The maximum Gasteiger partial charge on any atom is 0.357 e. The van der Waals surface area contributed by atoms with Gasteiger partial charge in [0.25, 0.3) is 0 Å². The Bertz CT molecular complexity index is 357. The molecule has 0 saturated carbocycles. The Morgan fingerprint density at radius 2 is 2.38 bits per heavy atom. The van der Waals surface area contributed by atoms with Gasteiger partial charge < -0.3 is 10.5 Å². The lowest BCUT2D eigenvalue weighted by Crippen LogP contribution is -2.22. The molecule has 16 heavy (non-hydrogen) atoms. The molecule has 0 aromatic carbocycles. The van der Waals surface area contributed by atoms with E-state index in [1.807, 2.05) is 6.92 Å². The SMILES string of the molecule is CCOC(=O)c1c(I)cnn1C(C)CN.Cl. The summed E-state index contributed by atoms with van der Waals surface area (Å²) in [4.78, 5) is 11.6. The fourth-order valence-corrected chi connectivity index (χ4v) is 1.76. The Morgan fingerprint density at radius 3 is 2.88 bits per heavy atom. The van der Waals surface area contributed by atoms with Gasteiger partial charge in [0.2, 0.25) is 0 Å². The minimum Gasteiger partial charge on any atom is -0.461 e. The van der Waals surface area contributed by atoms with Crippen LogP contribution in [0.15, 0.2) is 6.20 Å². The molecular weight excluding hydrogens is 344 g/mol. The predicted octanol–water partition coefficient (Wildman–Crippen LogP) is 1.61. The summed E-state index contributed by atoms with van der Waals surface area (Å²) in [5, 5.41) is 4.12. The molecule has 0 spiro atoms. The highest BCUT2D eigenvalue weighted by molar-refractivity contribution is 14.1. The minimum atomic E-state index is -0.347. The molecule has 1 aromatic heterocycles. The third kappa shape index (κ3) is 3.33. The van der Waals surface area contributed by atoms with Crippen LogP contribution in [0.1, 0.15) is 30.4 Å². The normalized spacial score (nSPS) is 11.8. The molecule has 0 fully saturated rings. The Kier molecular flexibility index (Phi) is 6.93. The van der Waals surface area contributed by atoms with Gasteiger partial charge >= 0.3 is 5.97 Å². The van der Waals surface area contributed by atoms with E-state index in [4.69, 9.17) is 10.5 Å². The van der Waals surface area contributed by atoms with Crippen molar-refractivity contribution in [3.8, 4) is 0 Å². The first-order chi connectivity index (χ1) is 7.11. The number of carbonyl (C=O) groups excluding carboxylic acids is 1. The van der Waals surface area contributed by atoms with Gasteiger partial charge in [0.1, 0.15) is 0 Å². The molecule has 1 rings (SSSR count). The first-order valence-corrected chi connectivity index (χ1v) is 5.79. The number of ether oxygens (including phenoxy) is 1. The smallest absolute Gasteiger partial charge is 0.357 e. The van der Waals surface area contributed by atoms with E-state index in [2.05, 4.69) is 27.7 Å². The lowest BCUT2D eigenvalue weighted by Gasteiger charge is -2.12. The summed E-state index contributed by atoms with van der Waals surface area (Å²) in [7, 11) is 0. The van der Waals surface area contributed by atoms with Gasteiger partial charge in [-0.3, -0.25) is 4.68 Å². The van der Waals surface area contributed by atoms with Crippen molar-refractivity contribution in [3.63, 3.8) is 0 Å². The van der Waals surface area contributed by atoms with Crippen LogP contribution in [0.2, 0.25) is 0 Å². The van der Waals surface area contributed by atoms with Gasteiger partial charge in [-0.1, -0.05) is 0 Å². The van der Waals surface area contributed by atoms with Crippen molar-refractivity contribution in [1.82, 2.24) is 9.78 Å². The number of hydrogen-bond acceptors (Lipinski definition) is 4. The minimum absolute atomic E-state index is 0. The number of rotatable bonds is 4. The van der Waals surface area contributed by atoms with Crippen molar-refractivity contribution in [3.05, 3.63) is 15.5 Å². The van der Waals surface area contributed by atoms with Gasteiger partial charge in [-0.15, -0.1) is 12.4 Å². The molecule has 1 atom stereocenters. The van der Waals surface area contributed by atoms with Crippen molar-refractivity contribution >= 4 is 41.0 Å². The van der Waals surface area contributed by atoms with E-state index < -0.39 is 0 Å². The quantitative estimate of drug-likeness (QED) is 0.655. The zero-order valence-corrected chi connectivity index (χ0v) is 12.1. The molecule has 0 aliphatic rings. The van der Waals surface area contributed by atoms with Crippen molar-refractivity contribution in [2.24, 2.45) is 5.73 Å². The highest BCUT2D eigenvalue weighted by Crippen LogP contribution is 2.16. The summed E-state index contributed by atoms with van der Waals surface area (Å²) in [5.41, 5.74) is 6.02. The van der Waals surface area contributed by atoms with Crippen LogP contribution in [0.5, 0.6) is 0 Å². The molecule has 5 nitrogen and oxygen atoms in total.